The Morgan fingerprint density at radius 2 is 1.55 bits per heavy atom. The van der Waals surface area contributed by atoms with Crippen LogP contribution in [0.2, 0.25) is 0 Å². The van der Waals surface area contributed by atoms with Crippen molar-refractivity contribution >= 4 is 21.4 Å². The highest BCUT2D eigenvalue weighted by atomic mass is 32.2. The van der Waals surface area contributed by atoms with Gasteiger partial charge in [0.25, 0.3) is 10.0 Å². The Kier molecular flexibility index (Phi) is 5.44. The molecule has 2 aromatic carbocycles. The highest BCUT2D eigenvalue weighted by Crippen LogP contribution is 2.37. The number of fused-ring (bicyclic) bond motifs is 1. The number of pyridine rings is 1. The lowest BCUT2D eigenvalue weighted by Gasteiger charge is -2.08. The average molecular weight is 477 g/mol. The zero-order valence-electron chi connectivity index (χ0n) is 16.9. The standard InChI is InChI=1S/C22H15F4N3O3S/c1-13(30)28-33(31,32)18-9-4-14(5-10-18)20-19-11-6-16(22(24,25)26)12-29(19)27-21(20)15-2-7-17(23)8-3-15/h2-12H,1H3,(H,28,30). The summed E-state index contributed by atoms with van der Waals surface area (Å²) in [5.74, 6) is -1.24. The number of benzene rings is 2. The van der Waals surface area contributed by atoms with Crippen molar-refractivity contribution < 1.29 is 30.8 Å². The van der Waals surface area contributed by atoms with Crippen LogP contribution in [0, 0.1) is 5.82 Å². The van der Waals surface area contributed by atoms with Crippen LogP contribution in [0.3, 0.4) is 0 Å². The third-order valence-corrected chi connectivity index (χ3v) is 6.25. The molecular weight excluding hydrogens is 462 g/mol. The average Bonchev–Trinajstić information content (AvgIpc) is 3.11. The van der Waals surface area contributed by atoms with Crippen LogP contribution in [0.25, 0.3) is 27.9 Å². The van der Waals surface area contributed by atoms with Crippen molar-refractivity contribution in [1.82, 2.24) is 14.3 Å². The summed E-state index contributed by atoms with van der Waals surface area (Å²) in [5, 5.41) is 4.29. The third kappa shape index (κ3) is 4.44. The highest BCUT2D eigenvalue weighted by Gasteiger charge is 2.31. The van der Waals surface area contributed by atoms with E-state index < -0.39 is 33.5 Å². The molecule has 1 N–H and O–H groups in total. The van der Waals surface area contributed by atoms with E-state index in [1.165, 1.54) is 54.6 Å². The summed E-state index contributed by atoms with van der Waals surface area (Å²) in [5.41, 5.74) is 1.07. The number of halogens is 4. The fourth-order valence-electron chi connectivity index (χ4n) is 3.36. The molecule has 11 heteroatoms. The van der Waals surface area contributed by atoms with Crippen LogP contribution in [0.15, 0.2) is 71.8 Å². The van der Waals surface area contributed by atoms with Crippen molar-refractivity contribution in [1.29, 1.82) is 0 Å². The summed E-state index contributed by atoms with van der Waals surface area (Å²) in [6.45, 7) is 1.06. The van der Waals surface area contributed by atoms with Gasteiger partial charge >= 0.3 is 6.18 Å². The zero-order chi connectivity index (χ0) is 24.0. The first-order valence-electron chi connectivity index (χ1n) is 9.45. The molecule has 0 bridgehead atoms. The molecule has 170 valence electrons. The van der Waals surface area contributed by atoms with Gasteiger partial charge in [0.05, 0.1) is 16.0 Å². The van der Waals surface area contributed by atoms with Crippen LogP contribution < -0.4 is 4.72 Å². The number of aromatic nitrogens is 2. The molecular formula is C22H15F4N3O3S. The van der Waals surface area contributed by atoms with Crippen molar-refractivity contribution in [2.24, 2.45) is 0 Å². The topological polar surface area (TPSA) is 80.5 Å². The molecule has 2 aromatic heterocycles. The summed E-state index contributed by atoms with van der Waals surface area (Å²) in [7, 11) is -4.06. The van der Waals surface area contributed by atoms with E-state index >= 15 is 0 Å². The SMILES string of the molecule is CC(=O)NS(=O)(=O)c1ccc(-c2c(-c3ccc(F)cc3)nn3cc(C(F)(F)F)ccc23)cc1. The lowest BCUT2D eigenvalue weighted by Crippen LogP contribution is -2.28. The maximum atomic E-state index is 13.4. The highest BCUT2D eigenvalue weighted by molar-refractivity contribution is 7.90. The van der Waals surface area contributed by atoms with E-state index in [-0.39, 0.29) is 10.6 Å². The third-order valence-electron chi connectivity index (χ3n) is 4.81. The van der Waals surface area contributed by atoms with E-state index in [1.54, 1.807) is 0 Å². The molecule has 0 radical (unpaired) electrons. The van der Waals surface area contributed by atoms with E-state index in [2.05, 4.69) is 5.10 Å². The molecule has 0 fully saturated rings. The Balaban J connectivity index is 1.90. The predicted octanol–water partition coefficient (Wildman–Crippen LogP) is 4.65. The fraction of sp³-hybridized carbons (Fsp3) is 0.0909. The minimum atomic E-state index is -4.57. The lowest BCUT2D eigenvalue weighted by atomic mass is 9.99. The van der Waals surface area contributed by atoms with Crippen molar-refractivity contribution in [3.63, 3.8) is 0 Å². The van der Waals surface area contributed by atoms with Gasteiger partial charge in [0.15, 0.2) is 0 Å². The number of nitrogens with one attached hydrogen (secondary N) is 1. The number of nitrogens with zero attached hydrogens (tertiary/aromatic N) is 2. The van der Waals surface area contributed by atoms with Crippen molar-refractivity contribution in [2.75, 3.05) is 0 Å². The first kappa shape index (κ1) is 22.5. The van der Waals surface area contributed by atoms with Crippen molar-refractivity contribution in [2.45, 2.75) is 18.0 Å². The number of amides is 1. The normalized spacial score (nSPS) is 12.2. The second-order valence-corrected chi connectivity index (χ2v) is 8.84. The second kappa shape index (κ2) is 8.00. The van der Waals surface area contributed by atoms with E-state index in [0.717, 1.165) is 23.7 Å². The Morgan fingerprint density at radius 1 is 0.939 bits per heavy atom. The number of alkyl halides is 3. The molecule has 6 nitrogen and oxygen atoms in total. The van der Waals surface area contributed by atoms with E-state index in [9.17, 15) is 30.8 Å². The molecule has 4 aromatic rings. The fourth-order valence-corrected chi connectivity index (χ4v) is 4.35. The van der Waals surface area contributed by atoms with E-state index in [4.69, 9.17) is 0 Å². The molecule has 0 aliphatic heterocycles. The Hall–Kier alpha value is -3.73. The van der Waals surface area contributed by atoms with Gasteiger partial charge in [-0.1, -0.05) is 12.1 Å². The molecule has 0 aliphatic rings. The van der Waals surface area contributed by atoms with Gasteiger partial charge < -0.3 is 0 Å². The molecule has 0 saturated heterocycles. The maximum absolute atomic E-state index is 13.4. The van der Waals surface area contributed by atoms with Gasteiger partial charge in [0.1, 0.15) is 11.5 Å². The van der Waals surface area contributed by atoms with E-state index in [0.29, 0.717) is 22.2 Å². The summed E-state index contributed by atoms with van der Waals surface area (Å²) in [6, 6.07) is 12.9. The quantitative estimate of drug-likeness (QED) is 0.434. The van der Waals surface area contributed by atoms with Gasteiger partial charge in [0, 0.05) is 24.2 Å². The van der Waals surface area contributed by atoms with Crippen LogP contribution in [-0.2, 0) is 21.0 Å². The Morgan fingerprint density at radius 3 is 2.12 bits per heavy atom. The van der Waals surface area contributed by atoms with E-state index in [1.807, 2.05) is 4.72 Å². The number of carbonyl (C=O) groups is 1. The number of hydrogen-bond acceptors (Lipinski definition) is 4. The number of rotatable bonds is 4. The minimum Gasteiger partial charge on any atom is -0.274 e. The molecule has 0 aliphatic carbocycles. The molecule has 0 spiro atoms. The number of carbonyl (C=O) groups excluding carboxylic acids is 1. The molecule has 0 unspecified atom stereocenters. The Labute approximate surface area is 185 Å². The number of hydrogen-bond donors (Lipinski definition) is 1. The molecule has 33 heavy (non-hydrogen) atoms. The Bertz CT molecular complexity index is 1460. The van der Waals surface area contributed by atoms with Gasteiger partial charge in [-0.15, -0.1) is 0 Å². The van der Waals surface area contributed by atoms with Gasteiger partial charge in [-0.3, -0.25) is 4.79 Å². The van der Waals surface area contributed by atoms with Gasteiger partial charge in [-0.2, -0.15) is 18.3 Å². The van der Waals surface area contributed by atoms with Crippen molar-refractivity contribution in [3.8, 4) is 22.4 Å². The predicted molar refractivity (Wildman–Crippen MR) is 112 cm³/mol. The van der Waals surface area contributed by atoms with Crippen LogP contribution in [-0.4, -0.2) is 23.9 Å². The molecule has 4 rings (SSSR count). The lowest BCUT2D eigenvalue weighted by molar-refractivity contribution is -0.137. The summed E-state index contributed by atoms with van der Waals surface area (Å²) >= 11 is 0. The van der Waals surface area contributed by atoms with Gasteiger partial charge in [-0.05, 0) is 54.1 Å². The number of sulfonamides is 1. The molecule has 1 amide bonds. The summed E-state index contributed by atoms with van der Waals surface area (Å²) < 4.78 is 80.4. The second-order valence-electron chi connectivity index (χ2n) is 7.16. The monoisotopic (exact) mass is 477 g/mol. The molecule has 0 atom stereocenters. The van der Waals surface area contributed by atoms with Crippen LogP contribution in [0.5, 0.6) is 0 Å². The smallest absolute Gasteiger partial charge is 0.274 e. The van der Waals surface area contributed by atoms with Crippen LogP contribution >= 0.6 is 0 Å². The maximum Gasteiger partial charge on any atom is 0.417 e. The first-order valence-corrected chi connectivity index (χ1v) is 10.9. The van der Waals surface area contributed by atoms with Gasteiger partial charge in [0.2, 0.25) is 5.91 Å². The van der Waals surface area contributed by atoms with Crippen LogP contribution in [0.1, 0.15) is 12.5 Å². The zero-order valence-corrected chi connectivity index (χ0v) is 17.7. The minimum absolute atomic E-state index is 0.166. The summed E-state index contributed by atoms with van der Waals surface area (Å²) in [6.07, 6.45) is -3.72. The van der Waals surface area contributed by atoms with Crippen LogP contribution in [0.4, 0.5) is 17.6 Å². The molecule has 0 saturated carbocycles. The molecule has 2 heterocycles. The summed E-state index contributed by atoms with van der Waals surface area (Å²) in [4.78, 5) is 11.0. The largest absolute Gasteiger partial charge is 0.417 e. The van der Waals surface area contributed by atoms with Gasteiger partial charge in [-0.25, -0.2) is 22.0 Å². The first-order chi connectivity index (χ1) is 15.5. The van der Waals surface area contributed by atoms with Crippen molar-refractivity contribution in [3.05, 3.63) is 78.2 Å².